The van der Waals surface area contributed by atoms with Crippen molar-refractivity contribution in [1.29, 1.82) is 0 Å². The largest absolute Gasteiger partial charge is 0.481 e. The third-order valence-electron chi connectivity index (χ3n) is 4.15. The van der Waals surface area contributed by atoms with Gasteiger partial charge >= 0.3 is 0 Å². The van der Waals surface area contributed by atoms with Crippen LogP contribution in [0.25, 0.3) is 11.5 Å². The van der Waals surface area contributed by atoms with E-state index < -0.39 is 23.7 Å². The molecule has 30 heavy (non-hydrogen) atoms. The summed E-state index contributed by atoms with van der Waals surface area (Å²) >= 11 is 0. The van der Waals surface area contributed by atoms with Crippen LogP contribution in [0.3, 0.4) is 0 Å². The normalized spacial score (nSPS) is 11.6. The number of nitrogens with zero attached hydrogens (tertiary/aromatic N) is 2. The lowest BCUT2D eigenvalue weighted by Crippen LogP contribution is -2.47. The van der Waals surface area contributed by atoms with Gasteiger partial charge in [-0.15, -0.1) is 10.2 Å². The quantitative estimate of drug-likeness (QED) is 0.578. The number of halogens is 1. The molecule has 0 unspecified atom stereocenters. The minimum Gasteiger partial charge on any atom is -0.481 e. The summed E-state index contributed by atoms with van der Waals surface area (Å²) < 4.78 is 23.8. The number of nitrogens with one attached hydrogen (secondary N) is 2. The standard InChI is InChI=1S/C21H21FN4O4/c1-13-3-5-15(6-4-13)21-26-24-19(30-21)12-11-18(27)23-25-20(28)14(2)29-17-9-7-16(22)8-10-17/h3-10,14H,11-12H2,1-2H3,(H,23,27)(H,25,28)/t14-/m0/s1. The topological polar surface area (TPSA) is 106 Å². The van der Waals surface area contributed by atoms with Crippen LogP contribution in [0.5, 0.6) is 5.75 Å². The molecule has 0 radical (unpaired) electrons. The molecular formula is C21H21FN4O4. The Morgan fingerprint density at radius 3 is 2.47 bits per heavy atom. The zero-order valence-corrected chi connectivity index (χ0v) is 16.5. The Labute approximate surface area is 172 Å². The first kappa shape index (κ1) is 21.0. The molecule has 0 aliphatic heterocycles. The summed E-state index contributed by atoms with van der Waals surface area (Å²) in [7, 11) is 0. The third kappa shape index (κ3) is 5.87. The number of amides is 2. The van der Waals surface area contributed by atoms with Gasteiger partial charge in [0.2, 0.25) is 17.7 Å². The minimum absolute atomic E-state index is 0.0447. The van der Waals surface area contributed by atoms with E-state index in [0.29, 0.717) is 17.5 Å². The molecule has 0 bridgehead atoms. The highest BCUT2D eigenvalue weighted by Crippen LogP contribution is 2.18. The van der Waals surface area contributed by atoms with E-state index in [4.69, 9.17) is 9.15 Å². The number of rotatable bonds is 7. The first-order valence-corrected chi connectivity index (χ1v) is 9.31. The number of ether oxygens (including phenoxy) is 1. The summed E-state index contributed by atoms with van der Waals surface area (Å²) in [5.74, 6) is -0.338. The fourth-order valence-electron chi connectivity index (χ4n) is 2.45. The number of aryl methyl sites for hydroxylation is 2. The highest BCUT2D eigenvalue weighted by molar-refractivity contribution is 5.84. The van der Waals surface area contributed by atoms with Crippen molar-refractivity contribution in [2.75, 3.05) is 0 Å². The average molecular weight is 412 g/mol. The predicted molar refractivity (Wildman–Crippen MR) is 106 cm³/mol. The van der Waals surface area contributed by atoms with Gasteiger partial charge in [0.15, 0.2) is 6.10 Å². The molecule has 0 saturated carbocycles. The first-order chi connectivity index (χ1) is 14.4. The summed E-state index contributed by atoms with van der Waals surface area (Å²) in [4.78, 5) is 24.0. The number of aromatic nitrogens is 2. The lowest BCUT2D eigenvalue weighted by atomic mass is 10.1. The van der Waals surface area contributed by atoms with Gasteiger partial charge in [0.25, 0.3) is 5.91 Å². The summed E-state index contributed by atoms with van der Waals surface area (Å²) in [6.07, 6.45) is -0.616. The van der Waals surface area contributed by atoms with Crippen molar-refractivity contribution in [2.45, 2.75) is 32.8 Å². The minimum atomic E-state index is -0.885. The SMILES string of the molecule is Cc1ccc(-c2nnc(CCC(=O)NNC(=O)[C@H](C)Oc3ccc(F)cc3)o2)cc1. The smallest absolute Gasteiger partial charge is 0.279 e. The maximum absolute atomic E-state index is 12.9. The van der Waals surface area contributed by atoms with Crippen LogP contribution < -0.4 is 15.6 Å². The van der Waals surface area contributed by atoms with E-state index in [9.17, 15) is 14.0 Å². The maximum atomic E-state index is 12.9. The van der Waals surface area contributed by atoms with Crippen LogP contribution in [0.1, 0.15) is 24.8 Å². The number of hydrogen-bond donors (Lipinski definition) is 2. The predicted octanol–water partition coefficient (Wildman–Crippen LogP) is 2.73. The fraction of sp³-hybridized carbons (Fsp3) is 0.238. The van der Waals surface area contributed by atoms with Gasteiger partial charge in [0, 0.05) is 18.4 Å². The van der Waals surface area contributed by atoms with E-state index in [-0.39, 0.29) is 12.8 Å². The Bertz CT molecular complexity index is 1000. The number of hydrogen-bond acceptors (Lipinski definition) is 6. The molecule has 0 saturated heterocycles. The highest BCUT2D eigenvalue weighted by Gasteiger charge is 2.16. The summed E-state index contributed by atoms with van der Waals surface area (Å²) in [6.45, 7) is 3.49. The van der Waals surface area contributed by atoms with Crippen molar-refractivity contribution >= 4 is 11.8 Å². The molecule has 0 aliphatic rings. The zero-order valence-electron chi connectivity index (χ0n) is 16.5. The first-order valence-electron chi connectivity index (χ1n) is 9.31. The highest BCUT2D eigenvalue weighted by atomic mass is 19.1. The van der Waals surface area contributed by atoms with Crippen molar-refractivity contribution in [2.24, 2.45) is 0 Å². The van der Waals surface area contributed by atoms with E-state index in [1.807, 2.05) is 31.2 Å². The van der Waals surface area contributed by atoms with Gasteiger partial charge in [-0.2, -0.15) is 0 Å². The van der Waals surface area contributed by atoms with Crippen molar-refractivity contribution in [3.05, 3.63) is 65.8 Å². The Kier molecular flexibility index (Phi) is 6.74. The Morgan fingerprint density at radius 2 is 1.77 bits per heavy atom. The molecular weight excluding hydrogens is 391 g/mol. The maximum Gasteiger partial charge on any atom is 0.279 e. The lowest BCUT2D eigenvalue weighted by molar-refractivity contribution is -0.132. The Morgan fingerprint density at radius 1 is 1.07 bits per heavy atom. The lowest BCUT2D eigenvalue weighted by Gasteiger charge is -2.15. The van der Waals surface area contributed by atoms with E-state index in [0.717, 1.165) is 11.1 Å². The molecule has 3 rings (SSSR count). The monoisotopic (exact) mass is 412 g/mol. The van der Waals surface area contributed by atoms with Crippen LogP contribution in [0, 0.1) is 12.7 Å². The summed E-state index contributed by atoms with van der Waals surface area (Å²) in [6, 6.07) is 12.9. The molecule has 2 amide bonds. The third-order valence-corrected chi connectivity index (χ3v) is 4.15. The molecule has 1 atom stereocenters. The van der Waals surface area contributed by atoms with Crippen LogP contribution in [-0.2, 0) is 16.0 Å². The number of carbonyl (C=O) groups is 2. The van der Waals surface area contributed by atoms with Gasteiger partial charge < -0.3 is 9.15 Å². The van der Waals surface area contributed by atoms with Crippen LogP contribution in [0.15, 0.2) is 52.9 Å². The van der Waals surface area contributed by atoms with E-state index in [1.165, 1.54) is 31.2 Å². The molecule has 8 nitrogen and oxygen atoms in total. The molecule has 156 valence electrons. The van der Waals surface area contributed by atoms with Gasteiger partial charge in [-0.3, -0.25) is 20.4 Å². The number of hydrazine groups is 1. The number of carbonyl (C=O) groups excluding carboxylic acids is 2. The molecule has 2 N–H and O–H groups in total. The molecule has 1 heterocycles. The van der Waals surface area contributed by atoms with Crippen molar-refractivity contribution in [1.82, 2.24) is 21.0 Å². The number of benzene rings is 2. The Balaban J connectivity index is 1.42. The van der Waals surface area contributed by atoms with Gasteiger partial charge in [-0.05, 0) is 50.2 Å². The molecule has 3 aromatic rings. The molecule has 0 aliphatic carbocycles. The van der Waals surface area contributed by atoms with Crippen molar-refractivity contribution in [3.63, 3.8) is 0 Å². The van der Waals surface area contributed by atoms with Gasteiger partial charge in [0.1, 0.15) is 11.6 Å². The second-order valence-electron chi connectivity index (χ2n) is 6.62. The molecule has 9 heteroatoms. The van der Waals surface area contributed by atoms with Gasteiger partial charge in [-0.25, -0.2) is 4.39 Å². The molecule has 2 aromatic carbocycles. The van der Waals surface area contributed by atoms with E-state index in [1.54, 1.807) is 0 Å². The van der Waals surface area contributed by atoms with Crippen molar-refractivity contribution in [3.8, 4) is 17.2 Å². The van der Waals surface area contributed by atoms with Crippen LogP contribution >= 0.6 is 0 Å². The second-order valence-corrected chi connectivity index (χ2v) is 6.62. The van der Waals surface area contributed by atoms with Crippen LogP contribution in [0.4, 0.5) is 4.39 Å². The summed E-state index contributed by atoms with van der Waals surface area (Å²) in [5.41, 5.74) is 6.50. The van der Waals surface area contributed by atoms with Crippen molar-refractivity contribution < 1.29 is 23.1 Å². The van der Waals surface area contributed by atoms with Gasteiger partial charge in [-0.1, -0.05) is 17.7 Å². The summed E-state index contributed by atoms with van der Waals surface area (Å²) in [5, 5.41) is 7.91. The second kappa shape index (κ2) is 9.64. The molecule has 1 aromatic heterocycles. The van der Waals surface area contributed by atoms with E-state index in [2.05, 4.69) is 21.0 Å². The fourth-order valence-corrected chi connectivity index (χ4v) is 2.45. The van der Waals surface area contributed by atoms with Gasteiger partial charge in [0.05, 0.1) is 0 Å². The Hall–Kier alpha value is -3.75. The van der Waals surface area contributed by atoms with E-state index >= 15 is 0 Å². The molecule has 0 fully saturated rings. The van der Waals surface area contributed by atoms with Crippen LogP contribution in [0.2, 0.25) is 0 Å². The van der Waals surface area contributed by atoms with Crippen LogP contribution in [-0.4, -0.2) is 28.1 Å². The zero-order chi connectivity index (χ0) is 21.5. The average Bonchev–Trinajstić information content (AvgIpc) is 3.21. The molecule has 0 spiro atoms.